The highest BCUT2D eigenvalue weighted by Crippen LogP contribution is 2.13. The highest BCUT2D eigenvalue weighted by Gasteiger charge is 2.15. The van der Waals surface area contributed by atoms with Crippen LogP contribution in [-0.4, -0.2) is 34.8 Å². The van der Waals surface area contributed by atoms with E-state index in [1.807, 2.05) is 27.7 Å². The van der Waals surface area contributed by atoms with Crippen molar-refractivity contribution < 1.29 is 19.0 Å². The van der Waals surface area contributed by atoms with E-state index in [1.54, 1.807) is 12.4 Å². The molecule has 0 bridgehead atoms. The summed E-state index contributed by atoms with van der Waals surface area (Å²) in [6, 6.07) is 0. The Balaban J connectivity index is 2.31. The van der Waals surface area contributed by atoms with Crippen molar-refractivity contribution in [3.8, 4) is 5.75 Å². The molecule has 6 nitrogen and oxygen atoms in total. The number of nitrogens with zero attached hydrogens (tertiary/aromatic N) is 2. The van der Waals surface area contributed by atoms with Crippen LogP contribution in [0.15, 0.2) is 19.0 Å². The number of hydrogen-bond acceptors (Lipinski definition) is 6. The Bertz CT molecular complexity index is 492. The molecule has 0 spiro atoms. The minimum absolute atomic E-state index is 0.226. The fourth-order valence-corrected chi connectivity index (χ4v) is 1.57. The van der Waals surface area contributed by atoms with Gasteiger partial charge < -0.3 is 14.2 Å². The second-order valence-electron chi connectivity index (χ2n) is 5.64. The van der Waals surface area contributed by atoms with Gasteiger partial charge in [0.25, 0.3) is 0 Å². The summed E-state index contributed by atoms with van der Waals surface area (Å²) in [6.45, 7) is 12.0. The molecule has 0 N–H and O–H groups in total. The molecule has 1 rings (SSSR count). The van der Waals surface area contributed by atoms with Gasteiger partial charge in [0, 0.05) is 6.42 Å². The normalized spacial score (nSPS) is 10.9. The molecule has 0 aliphatic carbocycles. The molecule has 122 valence electrons. The molecule has 0 radical (unpaired) electrons. The molecule has 0 amide bonds. The van der Waals surface area contributed by atoms with E-state index in [2.05, 4.69) is 16.5 Å². The molecule has 6 heteroatoms. The molecule has 0 aliphatic rings. The van der Waals surface area contributed by atoms with E-state index >= 15 is 0 Å². The summed E-state index contributed by atoms with van der Waals surface area (Å²) in [6.07, 6.45) is 4.00. The number of carbonyl (C=O) groups is 1. The lowest BCUT2D eigenvalue weighted by Crippen LogP contribution is -2.23. The zero-order chi connectivity index (χ0) is 16.6. The van der Waals surface area contributed by atoms with Crippen LogP contribution in [0.25, 0.3) is 5.76 Å². The van der Waals surface area contributed by atoms with Gasteiger partial charge in [0.2, 0.25) is 0 Å². The van der Waals surface area contributed by atoms with Crippen molar-refractivity contribution in [1.82, 2.24) is 9.97 Å². The fraction of sp³-hybridized carbons (Fsp3) is 0.562. The van der Waals surface area contributed by atoms with Crippen LogP contribution in [0, 0.1) is 0 Å². The zero-order valence-corrected chi connectivity index (χ0v) is 13.7. The average Bonchev–Trinajstić information content (AvgIpc) is 2.42. The van der Waals surface area contributed by atoms with Gasteiger partial charge in [0.05, 0.1) is 25.6 Å². The first-order valence-corrected chi connectivity index (χ1v) is 7.30. The third-order valence-electron chi connectivity index (χ3n) is 2.41. The quantitative estimate of drug-likeness (QED) is 0.418. The topological polar surface area (TPSA) is 70.5 Å². The predicted octanol–water partition coefficient (Wildman–Crippen LogP) is 2.98. The molecule has 0 unspecified atom stereocenters. The average molecular weight is 308 g/mol. The van der Waals surface area contributed by atoms with Crippen LogP contribution in [0.1, 0.15) is 46.4 Å². The third kappa shape index (κ3) is 7.06. The summed E-state index contributed by atoms with van der Waals surface area (Å²) < 4.78 is 15.9. The van der Waals surface area contributed by atoms with Crippen molar-refractivity contribution in [2.45, 2.75) is 46.1 Å². The smallest absolute Gasteiger partial charge is 0.306 e. The summed E-state index contributed by atoms with van der Waals surface area (Å²) >= 11 is 0. The number of carbonyl (C=O) groups excluding carboxylic acids is 1. The second-order valence-corrected chi connectivity index (χ2v) is 5.64. The van der Waals surface area contributed by atoms with Gasteiger partial charge in [-0.15, -0.1) is 0 Å². The lowest BCUT2D eigenvalue weighted by Gasteiger charge is -2.19. The molecule has 0 atom stereocenters. The first-order chi connectivity index (χ1) is 10.3. The molecule has 1 aromatic heterocycles. The van der Waals surface area contributed by atoms with Crippen molar-refractivity contribution >= 4 is 11.7 Å². The number of aromatic nitrogens is 2. The van der Waals surface area contributed by atoms with Gasteiger partial charge >= 0.3 is 5.97 Å². The van der Waals surface area contributed by atoms with E-state index < -0.39 is 5.60 Å². The SMILES string of the molecule is C=C(OCC)c1ncc(OCCCC(=O)OC(C)(C)C)cn1. The third-order valence-corrected chi connectivity index (χ3v) is 2.41. The summed E-state index contributed by atoms with van der Waals surface area (Å²) in [7, 11) is 0. The van der Waals surface area contributed by atoms with Crippen LogP contribution >= 0.6 is 0 Å². The van der Waals surface area contributed by atoms with Gasteiger partial charge in [0.1, 0.15) is 5.60 Å². The van der Waals surface area contributed by atoms with Crippen LogP contribution in [-0.2, 0) is 14.3 Å². The Morgan fingerprint density at radius 2 is 1.91 bits per heavy atom. The minimum atomic E-state index is -0.454. The fourth-order valence-electron chi connectivity index (χ4n) is 1.57. The Kier molecular flexibility index (Phi) is 6.82. The predicted molar refractivity (Wildman–Crippen MR) is 83.3 cm³/mol. The van der Waals surface area contributed by atoms with E-state index in [0.29, 0.717) is 43.4 Å². The summed E-state index contributed by atoms with van der Waals surface area (Å²) in [4.78, 5) is 19.7. The highest BCUT2D eigenvalue weighted by molar-refractivity contribution is 5.69. The molecule has 0 saturated carbocycles. The van der Waals surface area contributed by atoms with E-state index in [0.717, 1.165) is 0 Å². The molecule has 0 fully saturated rings. The molecule has 1 aromatic rings. The lowest BCUT2D eigenvalue weighted by molar-refractivity contribution is -0.155. The second kappa shape index (κ2) is 8.36. The van der Waals surface area contributed by atoms with Crippen molar-refractivity contribution in [1.29, 1.82) is 0 Å². The Morgan fingerprint density at radius 1 is 1.27 bits per heavy atom. The standard InChI is InChI=1S/C16H24N2O4/c1-6-20-12(2)15-17-10-13(11-18-15)21-9-7-8-14(19)22-16(3,4)5/h10-11H,2,6-9H2,1,3-5H3. The number of ether oxygens (including phenoxy) is 3. The molecular formula is C16H24N2O4. The van der Waals surface area contributed by atoms with Crippen LogP contribution in [0.2, 0.25) is 0 Å². The maximum atomic E-state index is 11.5. The summed E-state index contributed by atoms with van der Waals surface area (Å²) in [5.74, 6) is 1.18. The van der Waals surface area contributed by atoms with Gasteiger partial charge in [-0.25, -0.2) is 9.97 Å². The zero-order valence-electron chi connectivity index (χ0n) is 13.7. The largest absolute Gasteiger partial charge is 0.491 e. The Hall–Kier alpha value is -2.11. The Labute approximate surface area is 131 Å². The van der Waals surface area contributed by atoms with Crippen molar-refractivity contribution in [3.05, 3.63) is 24.8 Å². The molecule has 0 aromatic carbocycles. The van der Waals surface area contributed by atoms with Gasteiger partial charge in [-0.05, 0) is 34.1 Å². The maximum Gasteiger partial charge on any atom is 0.306 e. The van der Waals surface area contributed by atoms with E-state index in [9.17, 15) is 4.79 Å². The van der Waals surface area contributed by atoms with E-state index in [-0.39, 0.29) is 5.97 Å². The highest BCUT2D eigenvalue weighted by atomic mass is 16.6. The van der Waals surface area contributed by atoms with E-state index in [1.165, 1.54) is 0 Å². The summed E-state index contributed by atoms with van der Waals surface area (Å²) in [5.41, 5.74) is -0.454. The van der Waals surface area contributed by atoms with Crippen molar-refractivity contribution in [3.63, 3.8) is 0 Å². The first kappa shape index (κ1) is 17.9. The first-order valence-electron chi connectivity index (χ1n) is 7.30. The van der Waals surface area contributed by atoms with Gasteiger partial charge in [0.15, 0.2) is 17.3 Å². The van der Waals surface area contributed by atoms with Crippen LogP contribution < -0.4 is 4.74 Å². The lowest BCUT2D eigenvalue weighted by atomic mass is 10.2. The van der Waals surface area contributed by atoms with Crippen LogP contribution in [0.5, 0.6) is 5.75 Å². The maximum absolute atomic E-state index is 11.5. The number of esters is 1. The Morgan fingerprint density at radius 3 is 2.45 bits per heavy atom. The van der Waals surface area contributed by atoms with Gasteiger partial charge in [-0.3, -0.25) is 4.79 Å². The molecular weight excluding hydrogens is 284 g/mol. The molecule has 1 heterocycles. The molecule has 22 heavy (non-hydrogen) atoms. The number of hydrogen-bond donors (Lipinski definition) is 0. The van der Waals surface area contributed by atoms with Crippen molar-refractivity contribution in [2.75, 3.05) is 13.2 Å². The van der Waals surface area contributed by atoms with Gasteiger partial charge in [-0.2, -0.15) is 0 Å². The summed E-state index contributed by atoms with van der Waals surface area (Å²) in [5, 5.41) is 0. The van der Waals surface area contributed by atoms with Gasteiger partial charge in [-0.1, -0.05) is 6.58 Å². The van der Waals surface area contributed by atoms with E-state index in [4.69, 9.17) is 14.2 Å². The van der Waals surface area contributed by atoms with Crippen molar-refractivity contribution in [2.24, 2.45) is 0 Å². The molecule has 0 saturated heterocycles. The monoisotopic (exact) mass is 308 g/mol. The number of rotatable bonds is 8. The van der Waals surface area contributed by atoms with Crippen LogP contribution in [0.4, 0.5) is 0 Å². The molecule has 0 aliphatic heterocycles. The van der Waals surface area contributed by atoms with Crippen LogP contribution in [0.3, 0.4) is 0 Å². The minimum Gasteiger partial charge on any atom is -0.491 e.